The normalized spacial score (nSPS) is 17.3. The molecule has 11 heteroatoms. The topological polar surface area (TPSA) is 106 Å². The van der Waals surface area contributed by atoms with Gasteiger partial charge in [0.2, 0.25) is 9.84 Å². The molecule has 1 atom stereocenters. The minimum atomic E-state index is -4.17. The zero-order valence-corrected chi connectivity index (χ0v) is 32.4. The number of halogens is 1. The number of hydrogen-bond acceptors (Lipinski definition) is 8. The highest BCUT2D eigenvalue weighted by Gasteiger charge is 2.32. The number of likely N-dealkylation sites (tertiary alicyclic amines) is 1. The highest BCUT2D eigenvalue weighted by atomic mass is 32.2. The molecule has 0 bridgehead atoms. The van der Waals surface area contributed by atoms with E-state index in [0.29, 0.717) is 47.2 Å². The second-order valence-electron chi connectivity index (χ2n) is 14.5. The van der Waals surface area contributed by atoms with Crippen molar-refractivity contribution in [2.45, 2.75) is 136 Å². The molecule has 8 nitrogen and oxygen atoms in total. The van der Waals surface area contributed by atoms with Gasteiger partial charge in [0.05, 0.1) is 22.7 Å². The van der Waals surface area contributed by atoms with Crippen LogP contribution in [0.4, 0.5) is 10.1 Å². The molecule has 1 aromatic heterocycles. The third-order valence-corrected chi connectivity index (χ3v) is 13.4. The molecule has 2 saturated heterocycles. The number of benzene rings is 2. The van der Waals surface area contributed by atoms with Crippen LogP contribution in [0.3, 0.4) is 0 Å². The van der Waals surface area contributed by atoms with Crippen molar-refractivity contribution >= 4 is 37.2 Å². The van der Waals surface area contributed by atoms with Crippen LogP contribution in [-0.4, -0.2) is 73.6 Å². The van der Waals surface area contributed by atoms with E-state index in [-0.39, 0.29) is 21.6 Å². The lowest BCUT2D eigenvalue weighted by Crippen LogP contribution is -2.49. The van der Waals surface area contributed by atoms with E-state index in [0.717, 1.165) is 64.1 Å². The molecule has 0 radical (unpaired) electrons. The lowest BCUT2D eigenvalue weighted by molar-refractivity contribution is 0.132. The molecule has 2 aliphatic heterocycles. The fraction of sp³-hybridized carbons (Fsp3) is 0.625. The van der Waals surface area contributed by atoms with Gasteiger partial charge in [0.15, 0.2) is 11.6 Å². The van der Waals surface area contributed by atoms with Crippen LogP contribution in [0.15, 0.2) is 57.3 Å². The van der Waals surface area contributed by atoms with Crippen LogP contribution in [0.2, 0.25) is 0 Å². The predicted molar refractivity (Wildman–Crippen MR) is 207 cm³/mol. The third-order valence-electron chi connectivity index (χ3n) is 10.7. The van der Waals surface area contributed by atoms with Crippen LogP contribution >= 0.6 is 0 Å². The molecule has 0 amide bonds. The van der Waals surface area contributed by atoms with Crippen molar-refractivity contribution in [2.24, 2.45) is 5.73 Å². The predicted octanol–water partition coefficient (Wildman–Crippen LogP) is 8.42. The maximum absolute atomic E-state index is 15.4. The van der Waals surface area contributed by atoms with Gasteiger partial charge in [0.25, 0.3) is 0 Å². The summed E-state index contributed by atoms with van der Waals surface area (Å²) < 4.78 is 62.2. The summed E-state index contributed by atoms with van der Waals surface area (Å²) in [7, 11) is -5.44. The van der Waals surface area contributed by atoms with Crippen LogP contribution in [0.25, 0.3) is 10.9 Å². The highest BCUT2D eigenvalue weighted by Crippen LogP contribution is 2.39. The van der Waals surface area contributed by atoms with Gasteiger partial charge in [0.1, 0.15) is 4.90 Å². The van der Waals surface area contributed by atoms with Crippen LogP contribution in [0.1, 0.15) is 110 Å². The average molecular weight is 743 g/mol. The molecule has 1 unspecified atom stereocenters. The van der Waals surface area contributed by atoms with Crippen LogP contribution in [0, 0.1) is 5.82 Å². The fourth-order valence-corrected chi connectivity index (χ4v) is 9.59. The number of piperidine rings is 2. The largest absolute Gasteiger partial charge is 0.491 e. The first-order valence-corrected chi connectivity index (χ1v) is 22.4. The Labute approximate surface area is 308 Å². The Morgan fingerprint density at radius 3 is 2.10 bits per heavy atom. The lowest BCUT2D eigenvalue weighted by atomic mass is 9.97. The van der Waals surface area contributed by atoms with Gasteiger partial charge in [-0.05, 0) is 81.6 Å². The number of rotatable bonds is 19. The summed E-state index contributed by atoms with van der Waals surface area (Å²) in [6.07, 6.45) is 21.6. The van der Waals surface area contributed by atoms with E-state index >= 15 is 4.39 Å². The summed E-state index contributed by atoms with van der Waals surface area (Å²) in [5.41, 5.74) is 7.31. The Balaban J connectivity index is 1.23. The number of sulfone groups is 1. The zero-order valence-electron chi connectivity index (χ0n) is 30.8. The summed E-state index contributed by atoms with van der Waals surface area (Å²) in [5.74, 6) is -0.638. The standard InChI is InChI=1S/C40H59FN4O4S2/c1-3-4-5-6-7-8-9-10-11-12-13-14-27-49-38-18-16-34(29-36(38)41)51(47,48)39-30-43-37-17-15-33(50(2)46)28-35(37)40(39)45-25-21-32(22-26-45)44-23-19-31(42)20-24-44/h15-18,28-32H,3-14,19-27,42H2,1-2H3. The quantitative estimate of drug-likeness (QED) is 0.122. The number of ether oxygens (including phenoxy) is 1. The summed E-state index contributed by atoms with van der Waals surface area (Å²) in [5, 5.41) is 0.633. The molecule has 282 valence electrons. The van der Waals surface area contributed by atoms with Gasteiger partial charge in [-0.2, -0.15) is 0 Å². The molecule has 5 rings (SSSR count). The summed E-state index contributed by atoms with van der Waals surface area (Å²) >= 11 is 0. The molecule has 2 aliphatic rings. The molecule has 0 spiro atoms. The van der Waals surface area contributed by atoms with Crippen molar-refractivity contribution in [3.05, 3.63) is 48.4 Å². The van der Waals surface area contributed by atoms with Crippen molar-refractivity contribution < 1.29 is 21.8 Å². The number of unbranched alkanes of at least 4 members (excludes halogenated alkanes) is 11. The van der Waals surface area contributed by atoms with Crippen molar-refractivity contribution in [1.82, 2.24) is 9.88 Å². The van der Waals surface area contributed by atoms with Gasteiger partial charge in [-0.3, -0.25) is 9.19 Å². The van der Waals surface area contributed by atoms with E-state index < -0.39 is 26.5 Å². The molecule has 3 heterocycles. The Morgan fingerprint density at radius 2 is 1.49 bits per heavy atom. The maximum Gasteiger partial charge on any atom is 0.210 e. The first kappa shape index (κ1) is 39.6. The number of anilines is 1. The fourth-order valence-electron chi connectivity index (χ4n) is 7.60. The molecule has 51 heavy (non-hydrogen) atoms. The van der Waals surface area contributed by atoms with Gasteiger partial charge in [-0.15, -0.1) is 0 Å². The molecule has 2 N–H and O–H groups in total. The smallest absolute Gasteiger partial charge is 0.210 e. The third kappa shape index (κ3) is 10.7. The minimum absolute atomic E-state index is 0.0287. The Bertz CT molecular complexity index is 1690. The van der Waals surface area contributed by atoms with E-state index in [1.807, 2.05) is 0 Å². The molecular weight excluding hydrogens is 684 g/mol. The van der Waals surface area contributed by atoms with E-state index in [1.165, 1.54) is 76.1 Å². The first-order chi connectivity index (χ1) is 24.7. The summed E-state index contributed by atoms with van der Waals surface area (Å²) in [6.45, 7) is 5.93. The van der Waals surface area contributed by atoms with Crippen molar-refractivity contribution in [3.63, 3.8) is 0 Å². The minimum Gasteiger partial charge on any atom is -0.491 e. The summed E-state index contributed by atoms with van der Waals surface area (Å²) in [6, 6.07) is 9.93. The molecule has 3 aromatic rings. The monoisotopic (exact) mass is 742 g/mol. The van der Waals surface area contributed by atoms with E-state index in [9.17, 15) is 12.6 Å². The average Bonchev–Trinajstić information content (AvgIpc) is 3.13. The molecule has 2 fully saturated rings. The Morgan fingerprint density at radius 1 is 0.863 bits per heavy atom. The van der Waals surface area contributed by atoms with Gasteiger partial charge >= 0.3 is 0 Å². The number of fused-ring (bicyclic) bond motifs is 1. The zero-order chi connectivity index (χ0) is 36.2. The summed E-state index contributed by atoms with van der Waals surface area (Å²) in [4.78, 5) is 9.64. The van der Waals surface area contributed by atoms with E-state index in [2.05, 4.69) is 21.7 Å². The highest BCUT2D eigenvalue weighted by molar-refractivity contribution is 7.91. The lowest BCUT2D eigenvalue weighted by Gasteiger charge is -2.42. The number of pyridine rings is 1. The van der Waals surface area contributed by atoms with Crippen LogP contribution < -0.4 is 15.4 Å². The maximum atomic E-state index is 15.4. The number of aromatic nitrogens is 1. The Kier molecular flexibility index (Phi) is 15.1. The molecule has 0 saturated carbocycles. The second-order valence-corrected chi connectivity index (χ2v) is 17.8. The SMILES string of the molecule is CCCCCCCCCCCCCCOc1ccc(S(=O)(=O)c2cnc3ccc(S(C)=O)cc3c2N2CCC(N3CCC(N)CC3)CC2)cc1F. The van der Waals surface area contributed by atoms with E-state index in [4.69, 9.17) is 10.5 Å². The molecule has 0 aliphatic carbocycles. The number of nitrogens with two attached hydrogens (primary N) is 1. The van der Waals surface area contributed by atoms with Crippen LogP contribution in [-0.2, 0) is 20.6 Å². The number of nitrogens with zero attached hydrogens (tertiary/aromatic N) is 3. The van der Waals surface area contributed by atoms with E-state index in [1.54, 1.807) is 24.5 Å². The van der Waals surface area contributed by atoms with Gasteiger partial charge < -0.3 is 20.3 Å². The van der Waals surface area contributed by atoms with Crippen molar-refractivity contribution in [2.75, 3.05) is 43.9 Å². The van der Waals surface area contributed by atoms with Crippen LogP contribution in [0.5, 0.6) is 5.75 Å². The Hall–Kier alpha value is -2.60. The van der Waals surface area contributed by atoms with Crippen molar-refractivity contribution in [1.29, 1.82) is 0 Å². The van der Waals surface area contributed by atoms with Crippen molar-refractivity contribution in [3.8, 4) is 5.75 Å². The van der Waals surface area contributed by atoms with Gasteiger partial charge in [-0.25, -0.2) is 12.8 Å². The number of hydrogen-bond donors (Lipinski definition) is 1. The molecular formula is C40H59FN4O4S2. The van der Waals surface area contributed by atoms with Gasteiger partial charge in [-0.1, -0.05) is 77.6 Å². The first-order valence-electron chi connectivity index (χ1n) is 19.4. The molecule has 2 aromatic carbocycles. The van der Waals surface area contributed by atoms with Gasteiger partial charge in [0, 0.05) is 58.7 Å². The second kappa shape index (κ2) is 19.5.